The lowest BCUT2D eigenvalue weighted by molar-refractivity contribution is -0.538. The molecule has 0 aliphatic rings. The Kier molecular flexibility index (Phi) is 4.41. The molecule has 0 unspecified atom stereocenters. The highest BCUT2D eigenvalue weighted by Crippen LogP contribution is 2.25. The van der Waals surface area contributed by atoms with Crippen LogP contribution in [-0.4, -0.2) is 11.5 Å². The number of aromatic nitrogens is 2. The first-order chi connectivity index (χ1) is 14.3. The van der Waals surface area contributed by atoms with Crippen molar-refractivity contribution in [2.45, 2.75) is 6.92 Å². The minimum Gasteiger partial charge on any atom is -0.385 e. The van der Waals surface area contributed by atoms with E-state index in [1.54, 1.807) is 0 Å². The maximum Gasteiger partial charge on any atom is 0.239 e. The van der Waals surface area contributed by atoms with Crippen molar-refractivity contribution >= 4 is 27.8 Å². The smallest absolute Gasteiger partial charge is 0.239 e. The number of para-hydroxylation sites is 1. The predicted molar refractivity (Wildman–Crippen MR) is 120 cm³/mol. The van der Waals surface area contributed by atoms with Crippen molar-refractivity contribution in [2.24, 2.45) is 0 Å². The molecule has 0 spiro atoms. The molecule has 0 aliphatic carbocycles. The van der Waals surface area contributed by atoms with Crippen molar-refractivity contribution in [3.63, 3.8) is 0 Å². The number of rotatable bonds is 4. The van der Waals surface area contributed by atoms with E-state index in [1.807, 2.05) is 12.1 Å². The quantitative estimate of drug-likeness (QED) is 0.319. The summed E-state index contributed by atoms with van der Waals surface area (Å²) in [6, 6.07) is 33.9. The summed E-state index contributed by atoms with van der Waals surface area (Å²) in [5, 5.41) is 3.42. The zero-order valence-electron chi connectivity index (χ0n) is 16.3. The first-order valence-electron chi connectivity index (χ1n) is 9.98. The number of nitrogens with zero attached hydrogens (tertiary/aromatic N) is 2. The molecule has 140 valence electrons. The van der Waals surface area contributed by atoms with Gasteiger partial charge in [-0.25, -0.2) is 4.98 Å². The van der Waals surface area contributed by atoms with E-state index in [0.717, 1.165) is 40.0 Å². The van der Waals surface area contributed by atoms with Gasteiger partial charge in [0.05, 0.1) is 0 Å². The van der Waals surface area contributed by atoms with Gasteiger partial charge in [0.1, 0.15) is 11.0 Å². The van der Waals surface area contributed by atoms with E-state index in [-0.39, 0.29) is 0 Å². The van der Waals surface area contributed by atoms with Gasteiger partial charge >= 0.3 is 0 Å². The molecule has 0 aliphatic heterocycles. The first kappa shape index (κ1) is 17.4. The van der Waals surface area contributed by atoms with Crippen molar-refractivity contribution in [3.8, 4) is 16.8 Å². The molecule has 29 heavy (non-hydrogen) atoms. The third-order valence-corrected chi connectivity index (χ3v) is 5.18. The zero-order valence-corrected chi connectivity index (χ0v) is 16.3. The van der Waals surface area contributed by atoms with E-state index in [9.17, 15) is 0 Å². The lowest BCUT2D eigenvalue weighted by atomic mass is 10.0. The Morgan fingerprint density at radius 3 is 2.21 bits per heavy atom. The van der Waals surface area contributed by atoms with Gasteiger partial charge < -0.3 is 5.32 Å². The Morgan fingerprint density at radius 2 is 1.45 bits per heavy atom. The van der Waals surface area contributed by atoms with Crippen molar-refractivity contribution in [1.29, 1.82) is 0 Å². The topological polar surface area (TPSA) is 28.8 Å². The summed E-state index contributed by atoms with van der Waals surface area (Å²) >= 11 is 0. The van der Waals surface area contributed by atoms with E-state index >= 15 is 0 Å². The third kappa shape index (κ3) is 3.21. The standard InChI is InChI=1S/C26H21N3/c1-2-27-21-14-15-23-26(18-21)29(22-11-7-4-8-12-22)25-16-13-20(17-24(25)28-23)19-9-5-3-6-10-19/h3-18H,2H2,1H3/p+1. The second kappa shape index (κ2) is 7.36. The summed E-state index contributed by atoms with van der Waals surface area (Å²) in [4.78, 5) is 5.00. The van der Waals surface area contributed by atoms with Gasteiger partial charge in [0.15, 0.2) is 0 Å². The molecule has 3 heteroatoms. The van der Waals surface area contributed by atoms with Crippen molar-refractivity contribution < 1.29 is 4.57 Å². The van der Waals surface area contributed by atoms with Crippen LogP contribution in [0.15, 0.2) is 97.1 Å². The molecule has 5 rings (SSSR count). The molecule has 0 atom stereocenters. The molecule has 3 nitrogen and oxygen atoms in total. The molecule has 5 aromatic rings. The Bertz CT molecular complexity index is 1300. The highest BCUT2D eigenvalue weighted by molar-refractivity contribution is 5.87. The van der Waals surface area contributed by atoms with Gasteiger partial charge in [-0.2, -0.15) is 0 Å². The van der Waals surface area contributed by atoms with Crippen molar-refractivity contribution in [1.82, 2.24) is 4.98 Å². The lowest BCUT2D eigenvalue weighted by Crippen LogP contribution is -2.33. The van der Waals surface area contributed by atoms with Gasteiger partial charge in [-0.1, -0.05) is 48.5 Å². The lowest BCUT2D eigenvalue weighted by Gasteiger charge is -2.09. The molecule has 1 aromatic heterocycles. The van der Waals surface area contributed by atoms with Crippen LogP contribution in [0.3, 0.4) is 0 Å². The molecule has 1 N–H and O–H groups in total. The SMILES string of the molecule is CCNc1ccc2nc3cc(-c4ccccc4)ccc3[n+](-c3ccccc3)c2c1. The van der Waals surface area contributed by atoms with Crippen LogP contribution in [-0.2, 0) is 0 Å². The number of hydrogen-bond acceptors (Lipinski definition) is 2. The van der Waals surface area contributed by atoms with Gasteiger partial charge in [0, 0.05) is 36.5 Å². The second-order valence-corrected chi connectivity index (χ2v) is 7.09. The van der Waals surface area contributed by atoms with Crippen molar-refractivity contribution in [2.75, 3.05) is 11.9 Å². The van der Waals surface area contributed by atoms with Crippen LogP contribution in [0.4, 0.5) is 5.69 Å². The molecular formula is C26H22N3+. The van der Waals surface area contributed by atoms with Crippen LogP contribution in [0.2, 0.25) is 0 Å². The largest absolute Gasteiger partial charge is 0.385 e. The fourth-order valence-electron chi connectivity index (χ4n) is 3.84. The highest BCUT2D eigenvalue weighted by atomic mass is 15.0. The molecule has 0 fully saturated rings. The Labute approximate surface area is 170 Å². The number of fused-ring (bicyclic) bond motifs is 2. The molecule has 0 radical (unpaired) electrons. The summed E-state index contributed by atoms with van der Waals surface area (Å²) in [6.07, 6.45) is 0. The van der Waals surface area contributed by atoms with E-state index in [2.05, 4.69) is 102 Å². The van der Waals surface area contributed by atoms with Gasteiger partial charge in [-0.3, -0.25) is 0 Å². The molecule has 4 aromatic carbocycles. The Morgan fingerprint density at radius 1 is 0.690 bits per heavy atom. The van der Waals surface area contributed by atoms with Gasteiger partial charge in [0.2, 0.25) is 16.7 Å². The zero-order chi connectivity index (χ0) is 19.6. The summed E-state index contributed by atoms with van der Waals surface area (Å²) in [5.74, 6) is 0. The predicted octanol–water partition coefficient (Wildman–Crippen LogP) is 5.76. The van der Waals surface area contributed by atoms with Crippen LogP contribution in [0.5, 0.6) is 0 Å². The van der Waals surface area contributed by atoms with Crippen LogP contribution >= 0.6 is 0 Å². The summed E-state index contributed by atoms with van der Waals surface area (Å²) in [7, 11) is 0. The average molecular weight is 376 g/mol. The molecule has 0 saturated heterocycles. The molecule has 0 bridgehead atoms. The van der Waals surface area contributed by atoms with Crippen LogP contribution in [0.25, 0.3) is 38.9 Å². The number of benzene rings is 4. The molecule has 1 heterocycles. The summed E-state index contributed by atoms with van der Waals surface area (Å²) < 4.78 is 2.30. The van der Waals surface area contributed by atoms with Crippen molar-refractivity contribution in [3.05, 3.63) is 97.1 Å². The highest BCUT2D eigenvalue weighted by Gasteiger charge is 2.20. The molecule has 0 saturated carbocycles. The fourth-order valence-corrected chi connectivity index (χ4v) is 3.84. The van der Waals surface area contributed by atoms with Crippen LogP contribution in [0.1, 0.15) is 6.92 Å². The Hall–Kier alpha value is -3.72. The third-order valence-electron chi connectivity index (χ3n) is 5.18. The van der Waals surface area contributed by atoms with Gasteiger partial charge in [-0.05, 0) is 42.3 Å². The minimum atomic E-state index is 0.887. The van der Waals surface area contributed by atoms with E-state index in [1.165, 1.54) is 11.1 Å². The maximum atomic E-state index is 5.00. The maximum absolute atomic E-state index is 5.00. The first-order valence-corrected chi connectivity index (χ1v) is 9.98. The van der Waals surface area contributed by atoms with E-state index in [0.29, 0.717) is 0 Å². The second-order valence-electron chi connectivity index (χ2n) is 7.09. The summed E-state index contributed by atoms with van der Waals surface area (Å²) in [6.45, 7) is 3.00. The minimum absolute atomic E-state index is 0.887. The monoisotopic (exact) mass is 376 g/mol. The molecular weight excluding hydrogens is 354 g/mol. The Balaban J connectivity index is 1.82. The van der Waals surface area contributed by atoms with E-state index < -0.39 is 0 Å². The number of hydrogen-bond donors (Lipinski definition) is 1. The van der Waals surface area contributed by atoms with Crippen LogP contribution < -0.4 is 9.88 Å². The normalized spacial score (nSPS) is 11.1. The molecule has 0 amide bonds. The number of anilines is 1. The summed E-state index contributed by atoms with van der Waals surface area (Å²) in [5.41, 5.74) is 8.76. The van der Waals surface area contributed by atoms with E-state index in [4.69, 9.17) is 4.98 Å². The van der Waals surface area contributed by atoms with Crippen LogP contribution in [0, 0.1) is 0 Å². The number of nitrogens with one attached hydrogen (secondary N) is 1. The van der Waals surface area contributed by atoms with Gasteiger partial charge in [-0.15, -0.1) is 4.57 Å². The average Bonchev–Trinajstić information content (AvgIpc) is 2.78. The van der Waals surface area contributed by atoms with Gasteiger partial charge in [0.25, 0.3) is 0 Å². The fraction of sp³-hybridized carbons (Fsp3) is 0.0769.